The van der Waals surface area contributed by atoms with Crippen LogP contribution in [-0.4, -0.2) is 35.7 Å². The Morgan fingerprint density at radius 1 is 0.966 bits per heavy atom. The zero-order valence-corrected chi connectivity index (χ0v) is 17.7. The van der Waals surface area contributed by atoms with Crippen molar-refractivity contribution in [1.29, 1.82) is 0 Å². The monoisotopic (exact) mass is 402 g/mol. The number of Topliss-reactive ketones (excluding diaryl/α,β-unsaturated/α-hetero) is 1. The van der Waals surface area contributed by atoms with Crippen molar-refractivity contribution in [2.45, 2.75) is 78.4 Å². The molecule has 29 heavy (non-hydrogen) atoms. The maximum absolute atomic E-state index is 13.3. The summed E-state index contributed by atoms with van der Waals surface area (Å²) in [5.74, 6) is -0.803. The van der Waals surface area contributed by atoms with Crippen LogP contribution >= 0.6 is 0 Å². The molecule has 6 heteroatoms. The normalized spacial score (nSPS) is 43.6. The molecule has 7 atom stereocenters. The average Bonchev–Trinajstić information content (AvgIpc) is 2.87. The Morgan fingerprint density at radius 3 is 2.28 bits per heavy atom. The van der Waals surface area contributed by atoms with E-state index in [9.17, 15) is 19.2 Å². The number of allylic oxidation sites excluding steroid dienone is 1. The van der Waals surface area contributed by atoms with E-state index in [1.807, 2.05) is 6.92 Å². The van der Waals surface area contributed by atoms with Crippen LogP contribution in [0.25, 0.3) is 0 Å². The molecule has 4 aliphatic carbocycles. The summed E-state index contributed by atoms with van der Waals surface area (Å²) in [6, 6.07) is 0. The van der Waals surface area contributed by atoms with Crippen LogP contribution in [0.3, 0.4) is 0 Å². The van der Waals surface area contributed by atoms with Gasteiger partial charge in [0.2, 0.25) is 0 Å². The third kappa shape index (κ3) is 3.06. The van der Waals surface area contributed by atoms with E-state index in [1.165, 1.54) is 13.8 Å². The van der Waals surface area contributed by atoms with E-state index in [2.05, 4.69) is 6.92 Å². The predicted molar refractivity (Wildman–Crippen MR) is 104 cm³/mol. The maximum atomic E-state index is 13.3. The van der Waals surface area contributed by atoms with Crippen LogP contribution in [0.2, 0.25) is 0 Å². The van der Waals surface area contributed by atoms with E-state index in [0.717, 1.165) is 31.3 Å². The van der Waals surface area contributed by atoms with Gasteiger partial charge in [-0.1, -0.05) is 19.4 Å². The fraction of sp³-hybridized carbons (Fsp3) is 0.739. The fourth-order valence-corrected chi connectivity index (χ4v) is 6.78. The number of carbonyl (C=O) groups is 4. The smallest absolute Gasteiger partial charge is 0.303 e. The van der Waals surface area contributed by atoms with Crippen LogP contribution in [0.15, 0.2) is 11.6 Å². The molecule has 0 saturated heterocycles. The molecule has 0 spiro atoms. The second-order valence-electron chi connectivity index (χ2n) is 9.86. The topological polar surface area (TPSA) is 86.7 Å². The highest BCUT2D eigenvalue weighted by atomic mass is 16.5. The molecular formula is C23H30O6. The zero-order valence-electron chi connectivity index (χ0n) is 17.7. The molecule has 0 N–H and O–H groups in total. The van der Waals surface area contributed by atoms with Gasteiger partial charge < -0.3 is 9.47 Å². The number of hydrogen-bond donors (Lipinski definition) is 0. The molecule has 0 aromatic heterocycles. The average molecular weight is 402 g/mol. The van der Waals surface area contributed by atoms with E-state index >= 15 is 0 Å². The van der Waals surface area contributed by atoms with Crippen LogP contribution in [-0.2, 0) is 28.7 Å². The molecule has 158 valence electrons. The SMILES string of the molecule is CC(=O)OC1CC[C@@]2(C)C(=CC(=O)[C@@H]3[C@H]2CC[C@]2(C)C(=O)C(OC(C)=O)C[C@@H]32)C1. The van der Waals surface area contributed by atoms with Gasteiger partial charge in [-0.15, -0.1) is 0 Å². The Balaban J connectivity index is 1.65. The lowest BCUT2D eigenvalue weighted by atomic mass is 9.48. The molecule has 3 fully saturated rings. The first-order valence-corrected chi connectivity index (χ1v) is 10.7. The van der Waals surface area contributed by atoms with Crippen molar-refractivity contribution in [1.82, 2.24) is 0 Å². The highest BCUT2D eigenvalue weighted by Gasteiger charge is 2.64. The largest absolute Gasteiger partial charge is 0.462 e. The molecule has 0 amide bonds. The van der Waals surface area contributed by atoms with Gasteiger partial charge in [-0.25, -0.2) is 0 Å². The highest BCUT2D eigenvalue weighted by Crippen LogP contribution is 2.63. The van der Waals surface area contributed by atoms with Gasteiger partial charge in [0.15, 0.2) is 17.7 Å². The zero-order chi connectivity index (χ0) is 21.1. The number of carbonyl (C=O) groups excluding carboxylic acids is 4. The van der Waals surface area contributed by atoms with Crippen LogP contribution in [0.4, 0.5) is 0 Å². The molecule has 0 aromatic rings. The van der Waals surface area contributed by atoms with Crippen LogP contribution in [0.5, 0.6) is 0 Å². The van der Waals surface area contributed by atoms with Crippen molar-refractivity contribution in [3.8, 4) is 0 Å². The van der Waals surface area contributed by atoms with E-state index < -0.39 is 17.5 Å². The van der Waals surface area contributed by atoms with E-state index in [-0.39, 0.29) is 46.8 Å². The van der Waals surface area contributed by atoms with Crippen molar-refractivity contribution in [2.24, 2.45) is 28.6 Å². The predicted octanol–water partition coefficient (Wildman–Crippen LogP) is 3.17. The van der Waals surface area contributed by atoms with E-state index in [0.29, 0.717) is 12.8 Å². The molecule has 4 rings (SSSR count). The van der Waals surface area contributed by atoms with Crippen molar-refractivity contribution >= 4 is 23.5 Å². The van der Waals surface area contributed by atoms with Gasteiger partial charge in [-0.05, 0) is 55.4 Å². The van der Waals surface area contributed by atoms with E-state index in [4.69, 9.17) is 9.47 Å². The number of fused-ring (bicyclic) bond motifs is 5. The molecular weight excluding hydrogens is 372 g/mol. The maximum Gasteiger partial charge on any atom is 0.303 e. The number of hydrogen-bond acceptors (Lipinski definition) is 6. The van der Waals surface area contributed by atoms with Crippen LogP contribution in [0, 0.1) is 28.6 Å². The number of esters is 2. The standard InChI is InChI=1S/C23H30O6/c1-12(24)28-15-5-7-22(3)14(9-15)10-18(26)20-16(22)6-8-23(4)17(20)11-19(21(23)27)29-13(2)25/h10,15-17,19-20H,5-9,11H2,1-4H3/t15?,16-,17+,19?,20-,22+,23+/m1/s1. The summed E-state index contributed by atoms with van der Waals surface area (Å²) in [4.78, 5) is 49.1. The second-order valence-corrected chi connectivity index (χ2v) is 9.86. The molecule has 2 unspecified atom stereocenters. The van der Waals surface area contributed by atoms with Gasteiger partial charge in [0.1, 0.15) is 6.10 Å². The summed E-state index contributed by atoms with van der Waals surface area (Å²) < 4.78 is 10.7. The molecule has 0 heterocycles. The molecule has 0 aliphatic heterocycles. The van der Waals surface area contributed by atoms with Gasteiger partial charge in [-0.3, -0.25) is 19.2 Å². The highest BCUT2D eigenvalue weighted by molar-refractivity contribution is 5.98. The number of ketones is 2. The van der Waals surface area contributed by atoms with Crippen LogP contribution in [0.1, 0.15) is 66.2 Å². The third-order valence-electron chi connectivity index (χ3n) is 8.25. The van der Waals surface area contributed by atoms with Gasteiger partial charge in [-0.2, -0.15) is 0 Å². The summed E-state index contributed by atoms with van der Waals surface area (Å²) in [5, 5.41) is 0. The minimum Gasteiger partial charge on any atom is -0.462 e. The van der Waals surface area contributed by atoms with E-state index in [1.54, 1.807) is 6.08 Å². The summed E-state index contributed by atoms with van der Waals surface area (Å²) in [5.41, 5.74) is 0.373. The van der Waals surface area contributed by atoms with Gasteiger partial charge >= 0.3 is 11.9 Å². The molecule has 3 saturated carbocycles. The summed E-state index contributed by atoms with van der Waals surface area (Å²) in [6.07, 6.45) is 5.13. The Labute approximate surface area is 171 Å². The lowest BCUT2D eigenvalue weighted by Gasteiger charge is -2.55. The molecule has 0 radical (unpaired) electrons. The third-order valence-corrected chi connectivity index (χ3v) is 8.25. The quantitative estimate of drug-likeness (QED) is 0.660. The Hall–Kier alpha value is -1.98. The van der Waals surface area contributed by atoms with Crippen molar-refractivity contribution in [3.63, 3.8) is 0 Å². The Morgan fingerprint density at radius 2 is 1.62 bits per heavy atom. The van der Waals surface area contributed by atoms with Gasteiger partial charge in [0, 0.05) is 31.6 Å². The Bertz CT molecular complexity index is 812. The lowest BCUT2D eigenvalue weighted by Crippen LogP contribution is -2.53. The minimum atomic E-state index is -0.730. The van der Waals surface area contributed by atoms with Gasteiger partial charge in [0.25, 0.3) is 0 Å². The number of rotatable bonds is 2. The minimum absolute atomic E-state index is 0.0255. The molecule has 4 aliphatic rings. The first-order chi connectivity index (χ1) is 13.6. The first kappa shape index (κ1) is 20.3. The molecule has 6 nitrogen and oxygen atoms in total. The summed E-state index contributed by atoms with van der Waals surface area (Å²) >= 11 is 0. The molecule has 0 aromatic carbocycles. The lowest BCUT2D eigenvalue weighted by molar-refractivity contribution is -0.154. The first-order valence-electron chi connectivity index (χ1n) is 10.7. The molecule has 0 bridgehead atoms. The second kappa shape index (κ2) is 6.78. The van der Waals surface area contributed by atoms with Crippen molar-refractivity contribution in [3.05, 3.63) is 11.6 Å². The summed E-state index contributed by atoms with van der Waals surface area (Å²) in [6.45, 7) is 6.93. The summed E-state index contributed by atoms with van der Waals surface area (Å²) in [7, 11) is 0. The van der Waals surface area contributed by atoms with Crippen molar-refractivity contribution < 1.29 is 28.7 Å². The Kier molecular flexibility index (Phi) is 4.74. The van der Waals surface area contributed by atoms with Crippen LogP contribution < -0.4 is 0 Å². The number of ether oxygens (including phenoxy) is 2. The fourth-order valence-electron chi connectivity index (χ4n) is 6.78. The van der Waals surface area contributed by atoms with Gasteiger partial charge in [0.05, 0.1) is 0 Å². The van der Waals surface area contributed by atoms with Crippen molar-refractivity contribution in [2.75, 3.05) is 0 Å².